The van der Waals surface area contributed by atoms with Crippen LogP contribution in [0.1, 0.15) is 13.8 Å². The van der Waals surface area contributed by atoms with Gasteiger partial charge in [0.15, 0.2) is 5.12 Å². The van der Waals surface area contributed by atoms with Gasteiger partial charge in [0.2, 0.25) is 0 Å². The largest absolute Gasteiger partial charge is 0.516 e. The molecule has 0 rings (SSSR count). The number of aliphatic hydroxyl groups excluding tert-OH is 1. The maximum Gasteiger partial charge on any atom is 0.186 e. The van der Waals surface area contributed by atoms with Crippen LogP contribution in [0.4, 0.5) is 0 Å². The molecular weight excluding hydrogens is 136 g/mol. The van der Waals surface area contributed by atoms with Crippen LogP contribution in [0.3, 0.4) is 0 Å². The molecule has 0 radical (unpaired) electrons. The number of hydrogen-bond acceptors (Lipinski definition) is 3. The summed E-state index contributed by atoms with van der Waals surface area (Å²) < 4.78 is 0. The molecule has 1 atom stereocenters. The standard InChI is InChI=1S/C6H10O2S/c1-5(3-4-7)9-6(2)8/h3-5,7H,1-2H3/b4-3-. The van der Waals surface area contributed by atoms with Crippen LogP contribution in [-0.4, -0.2) is 15.5 Å². The molecule has 9 heavy (non-hydrogen) atoms. The van der Waals surface area contributed by atoms with Gasteiger partial charge in [-0.3, -0.25) is 4.79 Å². The fourth-order valence-corrected chi connectivity index (χ4v) is 1.09. The molecule has 0 fully saturated rings. The van der Waals surface area contributed by atoms with Gasteiger partial charge < -0.3 is 5.11 Å². The number of carbonyl (C=O) groups excluding carboxylic acids is 1. The monoisotopic (exact) mass is 146 g/mol. The van der Waals surface area contributed by atoms with Crippen molar-refractivity contribution < 1.29 is 9.90 Å². The van der Waals surface area contributed by atoms with Crippen molar-refractivity contribution in [3.63, 3.8) is 0 Å². The highest BCUT2D eigenvalue weighted by molar-refractivity contribution is 8.14. The van der Waals surface area contributed by atoms with Gasteiger partial charge in [-0.25, -0.2) is 0 Å². The zero-order chi connectivity index (χ0) is 7.28. The molecule has 0 aliphatic carbocycles. The smallest absolute Gasteiger partial charge is 0.186 e. The third-order valence-electron chi connectivity index (χ3n) is 0.709. The van der Waals surface area contributed by atoms with Crippen LogP contribution in [-0.2, 0) is 4.79 Å². The van der Waals surface area contributed by atoms with Gasteiger partial charge in [-0.15, -0.1) is 0 Å². The van der Waals surface area contributed by atoms with E-state index in [1.807, 2.05) is 6.92 Å². The lowest BCUT2D eigenvalue weighted by atomic mass is 10.5. The summed E-state index contributed by atoms with van der Waals surface area (Å²) in [4.78, 5) is 10.4. The molecule has 52 valence electrons. The molecule has 0 saturated heterocycles. The van der Waals surface area contributed by atoms with Crippen molar-refractivity contribution in [1.29, 1.82) is 0 Å². The molecule has 0 saturated carbocycles. The number of carbonyl (C=O) groups is 1. The highest BCUT2D eigenvalue weighted by Gasteiger charge is 1.99. The Bertz CT molecular complexity index is 120. The van der Waals surface area contributed by atoms with Gasteiger partial charge in [0, 0.05) is 12.2 Å². The Hall–Kier alpha value is -0.440. The van der Waals surface area contributed by atoms with Gasteiger partial charge in [0.05, 0.1) is 6.26 Å². The maximum absolute atomic E-state index is 10.4. The molecule has 1 unspecified atom stereocenters. The maximum atomic E-state index is 10.4. The van der Waals surface area contributed by atoms with Crippen molar-refractivity contribution in [3.05, 3.63) is 12.3 Å². The molecule has 0 bridgehead atoms. The van der Waals surface area contributed by atoms with E-state index in [1.165, 1.54) is 18.7 Å². The van der Waals surface area contributed by atoms with Crippen molar-refractivity contribution in [2.75, 3.05) is 0 Å². The lowest BCUT2D eigenvalue weighted by Crippen LogP contribution is -1.94. The number of thioether (sulfide) groups is 1. The fourth-order valence-electron chi connectivity index (χ4n) is 0.422. The number of rotatable bonds is 2. The van der Waals surface area contributed by atoms with E-state index >= 15 is 0 Å². The summed E-state index contributed by atoms with van der Waals surface area (Å²) in [7, 11) is 0. The topological polar surface area (TPSA) is 37.3 Å². The van der Waals surface area contributed by atoms with E-state index in [-0.39, 0.29) is 10.4 Å². The lowest BCUT2D eigenvalue weighted by Gasteiger charge is -1.98. The summed E-state index contributed by atoms with van der Waals surface area (Å²) in [5, 5.41) is 8.39. The van der Waals surface area contributed by atoms with E-state index in [9.17, 15) is 4.79 Å². The van der Waals surface area contributed by atoms with Gasteiger partial charge in [-0.05, 0) is 13.0 Å². The molecular formula is C6H10O2S. The van der Waals surface area contributed by atoms with Crippen LogP contribution in [0.2, 0.25) is 0 Å². The van der Waals surface area contributed by atoms with E-state index in [4.69, 9.17) is 5.11 Å². The van der Waals surface area contributed by atoms with Crippen LogP contribution in [0.15, 0.2) is 12.3 Å². The summed E-state index contributed by atoms with van der Waals surface area (Å²) >= 11 is 1.19. The Labute approximate surface area is 59.0 Å². The van der Waals surface area contributed by atoms with Crippen LogP contribution in [0.25, 0.3) is 0 Å². The van der Waals surface area contributed by atoms with Crippen molar-refractivity contribution in [3.8, 4) is 0 Å². The zero-order valence-corrected chi connectivity index (χ0v) is 6.31. The molecule has 0 aliphatic heterocycles. The molecule has 0 spiro atoms. The average molecular weight is 146 g/mol. The molecule has 0 amide bonds. The Morgan fingerprint density at radius 2 is 2.33 bits per heavy atom. The second-order valence-electron chi connectivity index (χ2n) is 1.66. The molecule has 0 aromatic rings. The first-order valence-corrected chi connectivity index (χ1v) is 3.53. The molecule has 1 N–H and O–H groups in total. The Morgan fingerprint density at radius 1 is 1.78 bits per heavy atom. The normalized spacial score (nSPS) is 14.0. The summed E-state index contributed by atoms with van der Waals surface area (Å²) in [6.07, 6.45) is 2.52. The van der Waals surface area contributed by atoms with Crippen molar-refractivity contribution in [2.45, 2.75) is 19.1 Å². The summed E-state index contributed by atoms with van der Waals surface area (Å²) in [5.41, 5.74) is 0. The van der Waals surface area contributed by atoms with Gasteiger partial charge in [0.25, 0.3) is 0 Å². The first-order chi connectivity index (χ1) is 4.16. The predicted octanol–water partition coefficient (Wildman–Crippen LogP) is 1.73. The molecule has 3 heteroatoms. The minimum absolute atomic E-state index is 0.0700. The van der Waals surface area contributed by atoms with E-state index in [0.29, 0.717) is 0 Å². The number of hydrogen-bond donors (Lipinski definition) is 1. The van der Waals surface area contributed by atoms with Crippen LogP contribution in [0, 0.1) is 0 Å². The fraction of sp³-hybridized carbons (Fsp3) is 0.500. The molecule has 2 nitrogen and oxygen atoms in total. The number of aliphatic hydroxyl groups is 1. The van der Waals surface area contributed by atoms with Crippen molar-refractivity contribution in [2.24, 2.45) is 0 Å². The average Bonchev–Trinajstić information content (AvgIpc) is 1.63. The quantitative estimate of drug-likeness (QED) is 0.603. The van der Waals surface area contributed by atoms with Crippen molar-refractivity contribution in [1.82, 2.24) is 0 Å². The Kier molecular flexibility index (Phi) is 4.22. The van der Waals surface area contributed by atoms with Crippen LogP contribution < -0.4 is 0 Å². The van der Waals surface area contributed by atoms with E-state index in [0.717, 1.165) is 6.26 Å². The summed E-state index contributed by atoms with van der Waals surface area (Å²) in [6, 6.07) is 0. The Balaban J connectivity index is 3.50. The minimum Gasteiger partial charge on any atom is -0.516 e. The van der Waals surface area contributed by atoms with Gasteiger partial charge in [0.1, 0.15) is 0 Å². The van der Waals surface area contributed by atoms with Gasteiger partial charge in [-0.1, -0.05) is 11.8 Å². The predicted molar refractivity (Wildman–Crippen MR) is 39.5 cm³/mol. The van der Waals surface area contributed by atoms with Crippen LogP contribution >= 0.6 is 11.8 Å². The van der Waals surface area contributed by atoms with Crippen molar-refractivity contribution >= 4 is 16.9 Å². The second kappa shape index (κ2) is 4.44. The van der Waals surface area contributed by atoms with E-state index < -0.39 is 0 Å². The molecule has 0 aromatic heterocycles. The molecule has 0 aliphatic rings. The minimum atomic E-state index is 0.0700. The third kappa shape index (κ3) is 5.43. The highest BCUT2D eigenvalue weighted by Crippen LogP contribution is 2.11. The van der Waals surface area contributed by atoms with Gasteiger partial charge >= 0.3 is 0 Å². The summed E-state index contributed by atoms with van der Waals surface area (Å²) in [5.74, 6) is 0. The van der Waals surface area contributed by atoms with E-state index in [1.54, 1.807) is 6.08 Å². The molecule has 0 heterocycles. The van der Waals surface area contributed by atoms with Gasteiger partial charge in [-0.2, -0.15) is 0 Å². The highest BCUT2D eigenvalue weighted by atomic mass is 32.2. The Morgan fingerprint density at radius 3 is 2.67 bits per heavy atom. The van der Waals surface area contributed by atoms with Crippen LogP contribution in [0.5, 0.6) is 0 Å². The third-order valence-corrected chi connectivity index (χ3v) is 1.57. The van der Waals surface area contributed by atoms with E-state index in [2.05, 4.69) is 0 Å². The SMILES string of the molecule is CC(=O)SC(C)/C=C\O. The zero-order valence-electron chi connectivity index (χ0n) is 5.50. The summed E-state index contributed by atoms with van der Waals surface area (Å²) in [6.45, 7) is 3.35. The first-order valence-electron chi connectivity index (χ1n) is 2.65. The lowest BCUT2D eigenvalue weighted by molar-refractivity contribution is -0.109. The first kappa shape index (κ1) is 8.56. The second-order valence-corrected chi connectivity index (χ2v) is 3.21. The molecule has 0 aromatic carbocycles.